The summed E-state index contributed by atoms with van der Waals surface area (Å²) in [6.07, 6.45) is 1.42. The van der Waals surface area contributed by atoms with Crippen LogP contribution in [-0.4, -0.2) is 52.6 Å². The van der Waals surface area contributed by atoms with Crippen LogP contribution in [0, 0.1) is 0 Å². The molecule has 1 saturated heterocycles. The summed E-state index contributed by atoms with van der Waals surface area (Å²) in [5.41, 5.74) is 5.60. The van der Waals surface area contributed by atoms with E-state index in [9.17, 15) is 0 Å². The first-order chi connectivity index (χ1) is 8.27. The van der Waals surface area contributed by atoms with Crippen molar-refractivity contribution in [1.29, 1.82) is 0 Å². The molecule has 1 aliphatic heterocycles. The van der Waals surface area contributed by atoms with Gasteiger partial charge in [-0.3, -0.25) is 4.90 Å². The summed E-state index contributed by atoms with van der Waals surface area (Å²) >= 11 is 8.00. The monoisotopic (exact) mass is 273 g/mol. The largest absolute Gasteiger partial charge is 0.382 e. The van der Waals surface area contributed by atoms with E-state index in [1.54, 1.807) is 0 Å². The van der Waals surface area contributed by atoms with Crippen molar-refractivity contribution in [3.8, 4) is 0 Å². The van der Waals surface area contributed by atoms with Gasteiger partial charge >= 0.3 is 0 Å². The van der Waals surface area contributed by atoms with Crippen molar-refractivity contribution in [1.82, 2.24) is 14.9 Å². The SMILES string of the molecule is Nc1ncnc(NCCN2CCSCC2)c1Cl. The van der Waals surface area contributed by atoms with Gasteiger partial charge in [0.05, 0.1) is 0 Å². The lowest BCUT2D eigenvalue weighted by molar-refractivity contribution is 0.314. The Morgan fingerprint density at radius 2 is 2.18 bits per heavy atom. The first kappa shape index (κ1) is 12.7. The summed E-state index contributed by atoms with van der Waals surface area (Å²) < 4.78 is 0. The molecule has 0 atom stereocenters. The van der Waals surface area contributed by atoms with Gasteiger partial charge in [-0.1, -0.05) is 11.6 Å². The molecule has 1 fully saturated rings. The number of aromatic nitrogens is 2. The number of thioether (sulfide) groups is 1. The van der Waals surface area contributed by atoms with Crippen LogP contribution in [0.5, 0.6) is 0 Å². The number of nitrogens with one attached hydrogen (secondary N) is 1. The van der Waals surface area contributed by atoms with Crippen molar-refractivity contribution in [2.75, 3.05) is 48.7 Å². The third-order valence-corrected chi connectivity index (χ3v) is 3.96. The topological polar surface area (TPSA) is 67.1 Å². The van der Waals surface area contributed by atoms with Crippen LogP contribution in [0.1, 0.15) is 0 Å². The number of anilines is 2. The van der Waals surface area contributed by atoms with Crippen LogP contribution in [0.3, 0.4) is 0 Å². The predicted molar refractivity (Wildman–Crippen MR) is 73.7 cm³/mol. The van der Waals surface area contributed by atoms with Crippen molar-refractivity contribution in [3.63, 3.8) is 0 Å². The highest BCUT2D eigenvalue weighted by atomic mass is 35.5. The maximum atomic E-state index is 5.99. The molecule has 94 valence electrons. The zero-order valence-corrected chi connectivity index (χ0v) is 11.1. The van der Waals surface area contributed by atoms with Gasteiger partial charge in [-0.05, 0) is 0 Å². The fraction of sp³-hybridized carbons (Fsp3) is 0.600. The molecule has 0 unspecified atom stereocenters. The number of rotatable bonds is 4. The Labute approximate surface area is 110 Å². The van der Waals surface area contributed by atoms with Crippen LogP contribution in [0.4, 0.5) is 11.6 Å². The molecule has 1 aliphatic rings. The second kappa shape index (κ2) is 6.28. The van der Waals surface area contributed by atoms with E-state index in [0.29, 0.717) is 16.7 Å². The lowest BCUT2D eigenvalue weighted by atomic mass is 10.4. The molecule has 2 heterocycles. The third kappa shape index (κ3) is 3.62. The zero-order valence-electron chi connectivity index (χ0n) is 9.53. The number of hydrogen-bond donors (Lipinski definition) is 2. The highest BCUT2D eigenvalue weighted by Gasteiger charge is 2.10. The Morgan fingerprint density at radius 1 is 1.41 bits per heavy atom. The molecule has 0 aliphatic carbocycles. The molecular formula is C10H16ClN5S. The van der Waals surface area contributed by atoms with Crippen molar-refractivity contribution >= 4 is 35.0 Å². The van der Waals surface area contributed by atoms with Gasteiger partial charge in [-0.15, -0.1) is 0 Å². The van der Waals surface area contributed by atoms with Crippen molar-refractivity contribution < 1.29 is 0 Å². The van der Waals surface area contributed by atoms with Gasteiger partial charge in [0, 0.05) is 37.7 Å². The molecule has 0 aromatic carbocycles. The number of nitrogen functional groups attached to an aromatic ring is 1. The molecule has 17 heavy (non-hydrogen) atoms. The molecule has 0 saturated carbocycles. The molecule has 0 amide bonds. The summed E-state index contributed by atoms with van der Waals surface area (Å²) in [4.78, 5) is 10.3. The van der Waals surface area contributed by atoms with E-state index in [-0.39, 0.29) is 0 Å². The maximum absolute atomic E-state index is 5.99. The molecule has 5 nitrogen and oxygen atoms in total. The highest BCUT2D eigenvalue weighted by molar-refractivity contribution is 7.99. The Balaban J connectivity index is 1.79. The van der Waals surface area contributed by atoms with Crippen molar-refractivity contribution in [2.24, 2.45) is 0 Å². The Bertz CT molecular complexity index is 370. The fourth-order valence-electron chi connectivity index (χ4n) is 1.66. The van der Waals surface area contributed by atoms with Crippen LogP contribution in [-0.2, 0) is 0 Å². The molecule has 7 heteroatoms. The maximum Gasteiger partial charge on any atom is 0.150 e. The van der Waals surface area contributed by atoms with E-state index in [0.717, 1.165) is 26.2 Å². The van der Waals surface area contributed by atoms with E-state index in [2.05, 4.69) is 20.2 Å². The number of halogens is 1. The van der Waals surface area contributed by atoms with Crippen LogP contribution in [0.2, 0.25) is 5.02 Å². The van der Waals surface area contributed by atoms with Crippen LogP contribution >= 0.6 is 23.4 Å². The lowest BCUT2D eigenvalue weighted by Gasteiger charge is -2.26. The minimum atomic E-state index is 0.318. The van der Waals surface area contributed by atoms with Crippen molar-refractivity contribution in [3.05, 3.63) is 11.3 Å². The minimum absolute atomic E-state index is 0.318. The summed E-state index contributed by atoms with van der Waals surface area (Å²) in [6.45, 7) is 4.14. The quantitative estimate of drug-likeness (QED) is 0.859. The first-order valence-corrected chi connectivity index (χ1v) is 7.10. The summed E-state index contributed by atoms with van der Waals surface area (Å²) in [5.74, 6) is 3.38. The molecule has 1 aromatic rings. The Kier molecular flexibility index (Phi) is 4.70. The van der Waals surface area contributed by atoms with Crippen LogP contribution < -0.4 is 11.1 Å². The summed E-state index contributed by atoms with van der Waals surface area (Å²) in [7, 11) is 0. The van der Waals surface area contributed by atoms with E-state index < -0.39 is 0 Å². The average molecular weight is 274 g/mol. The Morgan fingerprint density at radius 3 is 2.94 bits per heavy atom. The van der Waals surface area contributed by atoms with Gasteiger partial charge in [0.25, 0.3) is 0 Å². The van der Waals surface area contributed by atoms with Gasteiger partial charge in [0.2, 0.25) is 0 Å². The number of hydrogen-bond acceptors (Lipinski definition) is 6. The summed E-state index contributed by atoms with van der Waals surface area (Å²) in [5, 5.41) is 3.59. The second-order valence-electron chi connectivity index (χ2n) is 3.80. The molecular weight excluding hydrogens is 258 g/mol. The molecule has 0 radical (unpaired) electrons. The van der Waals surface area contributed by atoms with Gasteiger partial charge in [0.1, 0.15) is 23.0 Å². The van der Waals surface area contributed by atoms with E-state index >= 15 is 0 Å². The van der Waals surface area contributed by atoms with E-state index in [4.69, 9.17) is 17.3 Å². The Hall–Kier alpha value is -0.720. The average Bonchev–Trinajstić information content (AvgIpc) is 2.36. The molecule has 0 bridgehead atoms. The first-order valence-electron chi connectivity index (χ1n) is 5.57. The molecule has 0 spiro atoms. The van der Waals surface area contributed by atoms with Crippen LogP contribution in [0.15, 0.2) is 6.33 Å². The molecule has 2 rings (SSSR count). The van der Waals surface area contributed by atoms with Gasteiger partial charge in [0.15, 0.2) is 0 Å². The van der Waals surface area contributed by atoms with Crippen molar-refractivity contribution in [2.45, 2.75) is 0 Å². The van der Waals surface area contributed by atoms with Gasteiger partial charge < -0.3 is 11.1 Å². The van der Waals surface area contributed by atoms with E-state index in [1.165, 1.54) is 17.8 Å². The molecule has 1 aromatic heterocycles. The standard InChI is InChI=1S/C10H16ClN5S/c11-8-9(12)14-7-15-10(8)13-1-2-16-3-5-17-6-4-16/h7H,1-6H2,(H3,12,13,14,15). The predicted octanol–water partition coefficient (Wildman–Crippen LogP) is 1.17. The van der Waals surface area contributed by atoms with Gasteiger partial charge in [-0.25, -0.2) is 9.97 Å². The van der Waals surface area contributed by atoms with Crippen LogP contribution in [0.25, 0.3) is 0 Å². The molecule has 3 N–H and O–H groups in total. The zero-order chi connectivity index (χ0) is 12.1. The van der Waals surface area contributed by atoms with Gasteiger partial charge in [-0.2, -0.15) is 11.8 Å². The summed E-state index contributed by atoms with van der Waals surface area (Å²) in [6, 6.07) is 0. The lowest BCUT2D eigenvalue weighted by Crippen LogP contribution is -2.36. The normalized spacial score (nSPS) is 17.0. The highest BCUT2D eigenvalue weighted by Crippen LogP contribution is 2.22. The second-order valence-corrected chi connectivity index (χ2v) is 5.40. The fourth-order valence-corrected chi connectivity index (χ4v) is 2.81. The minimum Gasteiger partial charge on any atom is -0.382 e. The van der Waals surface area contributed by atoms with E-state index in [1.807, 2.05) is 11.8 Å². The number of nitrogens with two attached hydrogens (primary N) is 1. The third-order valence-electron chi connectivity index (χ3n) is 2.64. The number of nitrogens with zero attached hydrogens (tertiary/aromatic N) is 3. The smallest absolute Gasteiger partial charge is 0.150 e.